The third kappa shape index (κ3) is 4.52. The third-order valence-corrected chi connectivity index (χ3v) is 4.65. The van der Waals surface area contributed by atoms with Gasteiger partial charge in [-0.15, -0.1) is 24.0 Å². The number of halogens is 1. The van der Waals surface area contributed by atoms with Gasteiger partial charge in [0.2, 0.25) is 0 Å². The Hall–Kier alpha value is -0.980. The molecule has 0 bridgehead atoms. The smallest absolute Gasteiger partial charge is 0.194 e. The minimum atomic E-state index is 0. The van der Waals surface area contributed by atoms with Gasteiger partial charge in [0.05, 0.1) is 6.54 Å². The highest BCUT2D eigenvalue weighted by atomic mass is 127. The summed E-state index contributed by atoms with van der Waals surface area (Å²) in [4.78, 5) is 9.60. The predicted octanol–water partition coefficient (Wildman–Crippen LogP) is 3.25. The van der Waals surface area contributed by atoms with E-state index < -0.39 is 0 Å². The molecule has 0 spiro atoms. The van der Waals surface area contributed by atoms with Gasteiger partial charge in [-0.2, -0.15) is 0 Å². The largest absolute Gasteiger partial charge is 0.374 e. The zero-order valence-electron chi connectivity index (χ0n) is 14.3. The molecule has 1 aromatic carbocycles. The molecule has 0 saturated carbocycles. The molecule has 2 aliphatic rings. The van der Waals surface area contributed by atoms with E-state index in [1.807, 2.05) is 0 Å². The summed E-state index contributed by atoms with van der Waals surface area (Å²) >= 11 is 0. The Bertz CT molecular complexity index is 538. The second-order valence-corrected chi connectivity index (χ2v) is 6.35. The lowest BCUT2D eigenvalue weighted by atomic mass is 10.00. The van der Waals surface area contributed by atoms with Crippen LogP contribution in [-0.2, 0) is 13.0 Å². The van der Waals surface area contributed by atoms with E-state index in [1.165, 1.54) is 49.0 Å². The second-order valence-electron chi connectivity index (χ2n) is 6.35. The summed E-state index contributed by atoms with van der Waals surface area (Å²) < 4.78 is 0. The Morgan fingerprint density at radius 2 is 1.96 bits per heavy atom. The van der Waals surface area contributed by atoms with Crippen molar-refractivity contribution in [3.8, 4) is 0 Å². The molecular formula is C18H29IN4. The van der Waals surface area contributed by atoms with Crippen LogP contribution in [0, 0.1) is 0 Å². The van der Waals surface area contributed by atoms with Gasteiger partial charge in [0.15, 0.2) is 5.96 Å². The average molecular weight is 428 g/mol. The number of aryl methyl sites for hydroxylation is 1. The van der Waals surface area contributed by atoms with Crippen LogP contribution in [0.4, 0.5) is 5.69 Å². The number of hydrogen-bond acceptors (Lipinski definition) is 2. The number of aliphatic imine (C=N–C) groups is 1. The minimum Gasteiger partial charge on any atom is -0.374 e. The van der Waals surface area contributed by atoms with Crippen LogP contribution in [0.1, 0.15) is 37.3 Å². The van der Waals surface area contributed by atoms with Gasteiger partial charge in [-0.05, 0) is 49.8 Å². The molecule has 23 heavy (non-hydrogen) atoms. The Balaban J connectivity index is 0.00000192. The monoisotopic (exact) mass is 428 g/mol. The fourth-order valence-corrected chi connectivity index (χ4v) is 3.46. The van der Waals surface area contributed by atoms with Crippen molar-refractivity contribution in [1.82, 2.24) is 10.2 Å². The summed E-state index contributed by atoms with van der Waals surface area (Å²) in [5, 5.41) is 3.43. The maximum atomic E-state index is 4.85. The van der Waals surface area contributed by atoms with Crippen LogP contribution < -0.4 is 10.2 Å². The first kappa shape index (κ1) is 18.4. The molecule has 2 aliphatic heterocycles. The molecule has 1 N–H and O–H groups in total. The van der Waals surface area contributed by atoms with E-state index in [0.29, 0.717) is 0 Å². The lowest BCUT2D eigenvalue weighted by Gasteiger charge is -2.27. The van der Waals surface area contributed by atoms with Gasteiger partial charge >= 0.3 is 0 Å². The van der Waals surface area contributed by atoms with Gasteiger partial charge in [0, 0.05) is 38.9 Å². The zero-order chi connectivity index (χ0) is 15.4. The number of guanidine groups is 1. The molecular weight excluding hydrogens is 399 g/mol. The Morgan fingerprint density at radius 3 is 2.70 bits per heavy atom. The number of hydrogen-bond donors (Lipinski definition) is 1. The number of rotatable bonds is 3. The molecule has 1 fully saturated rings. The third-order valence-electron chi connectivity index (χ3n) is 4.65. The topological polar surface area (TPSA) is 30.9 Å². The maximum Gasteiger partial charge on any atom is 0.194 e. The normalized spacial score (nSPS) is 17.7. The van der Waals surface area contributed by atoms with Crippen molar-refractivity contribution in [2.45, 2.75) is 39.2 Å². The standard InChI is InChI=1S/C18H28N4.HI/c1-3-19-18(22-11-4-5-12-22)20-14-15-8-9-17-16(13-15)7-6-10-21(17)2;/h8-9,13H,3-7,10-12,14H2,1-2H3,(H,19,20);1H. The van der Waals surface area contributed by atoms with Crippen molar-refractivity contribution >= 4 is 35.6 Å². The van der Waals surface area contributed by atoms with Gasteiger partial charge in [-0.1, -0.05) is 12.1 Å². The van der Waals surface area contributed by atoms with E-state index in [9.17, 15) is 0 Å². The fourth-order valence-electron chi connectivity index (χ4n) is 3.46. The molecule has 1 aromatic rings. The summed E-state index contributed by atoms with van der Waals surface area (Å²) in [5.41, 5.74) is 4.20. The van der Waals surface area contributed by atoms with E-state index in [1.54, 1.807) is 0 Å². The van der Waals surface area contributed by atoms with Crippen LogP contribution in [0.5, 0.6) is 0 Å². The van der Waals surface area contributed by atoms with Crippen LogP contribution in [0.15, 0.2) is 23.2 Å². The number of benzene rings is 1. The summed E-state index contributed by atoms with van der Waals surface area (Å²) in [5.74, 6) is 1.08. The van der Waals surface area contributed by atoms with E-state index in [4.69, 9.17) is 4.99 Å². The molecule has 1 saturated heterocycles. The molecule has 0 unspecified atom stereocenters. The predicted molar refractivity (Wildman–Crippen MR) is 109 cm³/mol. The molecule has 4 nitrogen and oxygen atoms in total. The highest BCUT2D eigenvalue weighted by molar-refractivity contribution is 14.0. The Morgan fingerprint density at radius 1 is 1.17 bits per heavy atom. The minimum absolute atomic E-state index is 0. The molecule has 0 amide bonds. The molecule has 0 atom stereocenters. The van der Waals surface area contributed by atoms with Gasteiger partial charge < -0.3 is 15.1 Å². The Kier molecular flexibility index (Phi) is 6.99. The van der Waals surface area contributed by atoms with Gasteiger partial charge in [0.25, 0.3) is 0 Å². The van der Waals surface area contributed by atoms with Gasteiger partial charge in [0.1, 0.15) is 0 Å². The number of fused-ring (bicyclic) bond motifs is 1. The lowest BCUT2D eigenvalue weighted by molar-refractivity contribution is 0.493. The quantitative estimate of drug-likeness (QED) is 0.456. The molecule has 128 valence electrons. The van der Waals surface area contributed by atoms with Crippen molar-refractivity contribution in [3.63, 3.8) is 0 Å². The number of anilines is 1. The van der Waals surface area contributed by atoms with E-state index >= 15 is 0 Å². The number of nitrogens with one attached hydrogen (secondary N) is 1. The summed E-state index contributed by atoms with van der Waals surface area (Å²) in [7, 11) is 2.19. The second kappa shape index (κ2) is 8.76. The van der Waals surface area contributed by atoms with Crippen LogP contribution in [-0.4, -0.2) is 44.1 Å². The van der Waals surface area contributed by atoms with Crippen molar-refractivity contribution < 1.29 is 0 Å². The summed E-state index contributed by atoms with van der Waals surface area (Å²) in [6.45, 7) is 7.30. The van der Waals surface area contributed by atoms with Crippen molar-refractivity contribution in [3.05, 3.63) is 29.3 Å². The lowest BCUT2D eigenvalue weighted by Crippen LogP contribution is -2.39. The number of likely N-dealkylation sites (tertiary alicyclic amines) is 1. The van der Waals surface area contributed by atoms with Crippen molar-refractivity contribution in [2.75, 3.05) is 38.1 Å². The van der Waals surface area contributed by atoms with Crippen molar-refractivity contribution in [2.24, 2.45) is 4.99 Å². The average Bonchev–Trinajstić information content (AvgIpc) is 3.06. The summed E-state index contributed by atoms with van der Waals surface area (Å²) in [6, 6.07) is 6.85. The van der Waals surface area contributed by atoms with Crippen molar-refractivity contribution in [1.29, 1.82) is 0 Å². The van der Waals surface area contributed by atoms with E-state index in [0.717, 1.165) is 32.1 Å². The maximum absolute atomic E-state index is 4.85. The first-order chi connectivity index (χ1) is 10.8. The fraction of sp³-hybridized carbons (Fsp3) is 0.611. The van der Waals surface area contributed by atoms with Gasteiger partial charge in [-0.3, -0.25) is 0 Å². The van der Waals surface area contributed by atoms with Gasteiger partial charge in [-0.25, -0.2) is 4.99 Å². The molecule has 2 heterocycles. The molecule has 5 heteroatoms. The highest BCUT2D eigenvalue weighted by Gasteiger charge is 2.16. The van der Waals surface area contributed by atoms with Crippen LogP contribution in [0.25, 0.3) is 0 Å². The van der Waals surface area contributed by atoms with E-state index in [-0.39, 0.29) is 24.0 Å². The molecule has 3 rings (SSSR count). The van der Waals surface area contributed by atoms with E-state index in [2.05, 4.69) is 47.3 Å². The van der Waals surface area contributed by atoms with Crippen LogP contribution in [0.2, 0.25) is 0 Å². The first-order valence-corrected chi connectivity index (χ1v) is 8.64. The molecule has 0 aromatic heterocycles. The van der Waals surface area contributed by atoms with Crippen LogP contribution in [0.3, 0.4) is 0 Å². The molecule has 0 aliphatic carbocycles. The number of nitrogens with zero attached hydrogens (tertiary/aromatic N) is 3. The SMILES string of the molecule is CCNC(=NCc1ccc2c(c1)CCCN2C)N1CCCC1.I. The Labute approximate surface area is 157 Å². The van der Waals surface area contributed by atoms with Crippen LogP contribution >= 0.6 is 24.0 Å². The zero-order valence-corrected chi connectivity index (χ0v) is 16.7. The summed E-state index contributed by atoms with van der Waals surface area (Å²) in [6.07, 6.45) is 5.03. The highest BCUT2D eigenvalue weighted by Crippen LogP contribution is 2.27. The first-order valence-electron chi connectivity index (χ1n) is 8.64. The molecule has 0 radical (unpaired) electrons.